The first-order valence-electron chi connectivity index (χ1n) is 6.53. The van der Waals surface area contributed by atoms with E-state index in [1.807, 2.05) is 30.3 Å². The first-order valence-corrected chi connectivity index (χ1v) is 6.53. The average molecular weight is 285 g/mol. The molecule has 0 unspecified atom stereocenters. The van der Waals surface area contributed by atoms with Crippen LogP contribution in [-0.2, 0) is 12.1 Å². The summed E-state index contributed by atoms with van der Waals surface area (Å²) in [6, 6.07) is 9.59. The van der Waals surface area contributed by atoms with Gasteiger partial charge in [0.15, 0.2) is 0 Å². The highest BCUT2D eigenvalue weighted by molar-refractivity contribution is 5.53. The van der Waals surface area contributed by atoms with Crippen molar-refractivity contribution in [3.63, 3.8) is 0 Å². The maximum absolute atomic E-state index is 9.85. The number of hydrogen-bond acceptors (Lipinski definition) is 6. The van der Waals surface area contributed by atoms with Gasteiger partial charge in [-0.3, -0.25) is 0 Å². The zero-order chi connectivity index (χ0) is 14.9. The van der Waals surface area contributed by atoms with E-state index >= 15 is 0 Å². The summed E-state index contributed by atoms with van der Waals surface area (Å²) in [5, 5.41) is 21.7. The number of nitrogens with zero attached hydrogens (tertiary/aromatic N) is 5. The van der Waals surface area contributed by atoms with Gasteiger partial charge in [-0.05, 0) is 13.8 Å². The Morgan fingerprint density at radius 2 is 2.00 bits per heavy atom. The van der Waals surface area contributed by atoms with Gasteiger partial charge in [-0.1, -0.05) is 40.7 Å². The Morgan fingerprint density at radius 3 is 2.67 bits per heavy atom. The molecule has 3 aromatic rings. The molecule has 7 heteroatoms. The van der Waals surface area contributed by atoms with Crippen LogP contribution in [0.1, 0.15) is 25.4 Å². The summed E-state index contributed by atoms with van der Waals surface area (Å²) in [6.07, 6.45) is 1.66. The molecule has 0 aliphatic rings. The summed E-state index contributed by atoms with van der Waals surface area (Å²) in [7, 11) is 0. The topological polar surface area (TPSA) is 89.9 Å². The van der Waals surface area contributed by atoms with E-state index in [0.717, 1.165) is 5.56 Å². The van der Waals surface area contributed by atoms with Gasteiger partial charge in [0.05, 0.1) is 6.20 Å². The molecule has 7 nitrogen and oxygen atoms in total. The third-order valence-corrected chi connectivity index (χ3v) is 2.96. The Kier molecular flexibility index (Phi) is 3.26. The SMILES string of the molecule is CC(C)(O)c1cn(Cc2nc(-c3ccccc3)no2)nn1. The van der Waals surface area contributed by atoms with Crippen molar-refractivity contribution in [2.45, 2.75) is 26.0 Å². The minimum absolute atomic E-state index is 0.308. The van der Waals surface area contributed by atoms with Crippen molar-refractivity contribution >= 4 is 0 Å². The molecule has 2 heterocycles. The van der Waals surface area contributed by atoms with Gasteiger partial charge >= 0.3 is 0 Å². The van der Waals surface area contributed by atoms with E-state index in [4.69, 9.17) is 4.52 Å². The number of hydrogen-bond donors (Lipinski definition) is 1. The van der Waals surface area contributed by atoms with Crippen molar-refractivity contribution in [1.29, 1.82) is 0 Å². The first-order chi connectivity index (χ1) is 10.0. The predicted octanol–water partition coefficient (Wildman–Crippen LogP) is 1.60. The molecule has 1 N–H and O–H groups in total. The van der Waals surface area contributed by atoms with Crippen LogP contribution in [-0.4, -0.2) is 30.2 Å². The van der Waals surface area contributed by atoms with Gasteiger partial charge in [0, 0.05) is 5.56 Å². The molecule has 0 spiro atoms. The van der Waals surface area contributed by atoms with Crippen LogP contribution in [0.5, 0.6) is 0 Å². The molecular weight excluding hydrogens is 270 g/mol. The fraction of sp³-hybridized carbons (Fsp3) is 0.286. The highest BCUT2D eigenvalue weighted by atomic mass is 16.5. The molecule has 0 fully saturated rings. The Hall–Kier alpha value is -2.54. The lowest BCUT2D eigenvalue weighted by atomic mass is 10.1. The molecule has 108 valence electrons. The summed E-state index contributed by atoms with van der Waals surface area (Å²) in [6.45, 7) is 3.62. The molecule has 3 rings (SSSR count). The third-order valence-electron chi connectivity index (χ3n) is 2.96. The second-order valence-electron chi connectivity index (χ2n) is 5.24. The minimum Gasteiger partial charge on any atom is -0.384 e. The molecule has 0 saturated heterocycles. The molecule has 0 radical (unpaired) electrons. The van der Waals surface area contributed by atoms with Crippen molar-refractivity contribution in [3.8, 4) is 11.4 Å². The summed E-state index contributed by atoms with van der Waals surface area (Å²) in [4.78, 5) is 4.32. The van der Waals surface area contributed by atoms with E-state index in [-0.39, 0.29) is 0 Å². The average Bonchev–Trinajstić information content (AvgIpc) is 3.09. The van der Waals surface area contributed by atoms with Gasteiger partial charge in [0.25, 0.3) is 0 Å². The van der Waals surface area contributed by atoms with E-state index in [1.54, 1.807) is 24.7 Å². The van der Waals surface area contributed by atoms with E-state index in [9.17, 15) is 5.11 Å². The summed E-state index contributed by atoms with van der Waals surface area (Å²) >= 11 is 0. The number of benzene rings is 1. The van der Waals surface area contributed by atoms with E-state index < -0.39 is 5.60 Å². The molecule has 21 heavy (non-hydrogen) atoms. The highest BCUT2D eigenvalue weighted by Crippen LogP contribution is 2.17. The molecule has 2 aromatic heterocycles. The summed E-state index contributed by atoms with van der Waals surface area (Å²) in [5.74, 6) is 0.967. The summed E-state index contributed by atoms with van der Waals surface area (Å²) < 4.78 is 6.76. The summed E-state index contributed by atoms with van der Waals surface area (Å²) in [5.41, 5.74) is 0.357. The zero-order valence-electron chi connectivity index (χ0n) is 11.8. The van der Waals surface area contributed by atoms with Gasteiger partial charge in [0.2, 0.25) is 11.7 Å². The molecule has 0 saturated carbocycles. The van der Waals surface area contributed by atoms with Crippen LogP contribution in [0.2, 0.25) is 0 Å². The second kappa shape index (κ2) is 5.10. The van der Waals surface area contributed by atoms with Crippen LogP contribution in [0.4, 0.5) is 0 Å². The van der Waals surface area contributed by atoms with Gasteiger partial charge < -0.3 is 9.63 Å². The monoisotopic (exact) mass is 285 g/mol. The third kappa shape index (κ3) is 2.97. The Labute approximate surface area is 121 Å². The molecule has 1 aromatic carbocycles. The normalized spacial score (nSPS) is 11.8. The van der Waals surface area contributed by atoms with Crippen LogP contribution in [0, 0.1) is 0 Å². The fourth-order valence-corrected chi connectivity index (χ4v) is 1.82. The van der Waals surface area contributed by atoms with E-state index in [2.05, 4.69) is 20.5 Å². The fourth-order valence-electron chi connectivity index (χ4n) is 1.82. The number of rotatable bonds is 4. The molecule has 0 amide bonds. The van der Waals surface area contributed by atoms with E-state index in [0.29, 0.717) is 24.0 Å². The van der Waals surface area contributed by atoms with E-state index in [1.165, 1.54) is 0 Å². The Bertz CT molecular complexity index is 727. The maximum atomic E-state index is 9.85. The highest BCUT2D eigenvalue weighted by Gasteiger charge is 2.20. The molecule has 0 aliphatic heterocycles. The first kappa shape index (κ1) is 13.4. The maximum Gasteiger partial charge on any atom is 0.248 e. The smallest absolute Gasteiger partial charge is 0.248 e. The Morgan fingerprint density at radius 1 is 1.24 bits per heavy atom. The standard InChI is InChI=1S/C14H15N5O2/c1-14(2,20)11-8-19(18-16-11)9-12-15-13(17-21-12)10-6-4-3-5-7-10/h3-8,20H,9H2,1-2H3. The van der Waals surface area contributed by atoms with Crippen molar-refractivity contribution < 1.29 is 9.63 Å². The van der Waals surface area contributed by atoms with Crippen LogP contribution < -0.4 is 0 Å². The zero-order valence-corrected chi connectivity index (χ0v) is 11.8. The lowest BCUT2D eigenvalue weighted by Crippen LogP contribution is -2.15. The van der Waals surface area contributed by atoms with Crippen LogP contribution in [0.15, 0.2) is 41.1 Å². The van der Waals surface area contributed by atoms with Crippen LogP contribution >= 0.6 is 0 Å². The molecule has 0 atom stereocenters. The Balaban J connectivity index is 1.77. The number of aromatic nitrogens is 5. The van der Waals surface area contributed by atoms with Gasteiger partial charge in [-0.15, -0.1) is 5.10 Å². The quantitative estimate of drug-likeness (QED) is 0.783. The van der Waals surface area contributed by atoms with Crippen molar-refractivity contribution in [3.05, 3.63) is 48.1 Å². The molecule has 0 aliphatic carbocycles. The molecule has 0 bridgehead atoms. The van der Waals surface area contributed by atoms with Crippen molar-refractivity contribution in [2.24, 2.45) is 0 Å². The largest absolute Gasteiger partial charge is 0.384 e. The molecular formula is C14H15N5O2. The predicted molar refractivity (Wildman–Crippen MR) is 74.1 cm³/mol. The van der Waals surface area contributed by atoms with Gasteiger partial charge in [-0.25, -0.2) is 4.68 Å². The lowest BCUT2D eigenvalue weighted by Gasteiger charge is -2.11. The second-order valence-corrected chi connectivity index (χ2v) is 5.24. The van der Waals surface area contributed by atoms with Crippen LogP contribution in [0.3, 0.4) is 0 Å². The van der Waals surface area contributed by atoms with Gasteiger partial charge in [0.1, 0.15) is 17.8 Å². The minimum atomic E-state index is -1.03. The van der Waals surface area contributed by atoms with Crippen molar-refractivity contribution in [2.75, 3.05) is 0 Å². The van der Waals surface area contributed by atoms with Crippen LogP contribution in [0.25, 0.3) is 11.4 Å². The van der Waals surface area contributed by atoms with Crippen molar-refractivity contribution in [1.82, 2.24) is 25.1 Å². The lowest BCUT2D eigenvalue weighted by molar-refractivity contribution is 0.0737. The van der Waals surface area contributed by atoms with Gasteiger partial charge in [-0.2, -0.15) is 4.98 Å². The number of aliphatic hydroxyl groups is 1.